The van der Waals surface area contributed by atoms with Crippen LogP contribution in [0.1, 0.15) is 99.9 Å². The summed E-state index contributed by atoms with van der Waals surface area (Å²) in [6.45, 7) is 19.2. The fourth-order valence-corrected chi connectivity index (χ4v) is 21.2. The standard InChI is InChI=1S/C114H84N2/c1-111(2)99-39-21-19-35-85(99)87-49-43-77(63-101(87)111)79-45-53-91-89-51-41-75(61-103(89)113(5,6)105(91)65-79)71-29-23-31-81(57-71)115(82-32-24-30-72(58-82)76-42-52-90-92-54-46-80(66-106(92)114(7,8)104(90)62-76)78-44-50-88-86-36-20-22-40-100(86)112(3,4)102(88)64-78)109-67-95-84-34-16-18-38-94(84)110(68-96(95)83-33-15-17-37-93(83)109)116-107-55-47-73(69-25-11-9-12-26-69)59-97(107)98-60-74(48-56-108(98)116)70-27-13-10-14-28-70/h9-68H,1-8H3. The minimum Gasteiger partial charge on any atom is -0.310 e. The van der Waals surface area contributed by atoms with E-state index in [4.69, 9.17) is 0 Å². The van der Waals surface area contributed by atoms with Gasteiger partial charge >= 0.3 is 0 Å². The summed E-state index contributed by atoms with van der Waals surface area (Å²) in [5.74, 6) is 0. The van der Waals surface area contributed by atoms with Gasteiger partial charge in [-0.05, 0) is 274 Å². The molecule has 550 valence electrons. The second-order valence-corrected chi connectivity index (χ2v) is 35.1. The molecule has 0 saturated carbocycles. The predicted octanol–water partition coefficient (Wildman–Crippen LogP) is 30.9. The fourth-order valence-electron chi connectivity index (χ4n) is 21.2. The van der Waals surface area contributed by atoms with E-state index in [1.165, 1.54) is 193 Å². The average molecular weight is 1480 g/mol. The zero-order valence-corrected chi connectivity index (χ0v) is 66.5. The van der Waals surface area contributed by atoms with Gasteiger partial charge in [0.15, 0.2) is 0 Å². The number of rotatable bonds is 10. The van der Waals surface area contributed by atoms with Crippen LogP contribution in [0.25, 0.3) is 171 Å². The van der Waals surface area contributed by atoms with Crippen molar-refractivity contribution in [2.45, 2.75) is 77.0 Å². The number of hydrogen-bond acceptors (Lipinski definition) is 1. The van der Waals surface area contributed by atoms with Crippen LogP contribution in [0, 0.1) is 0 Å². The molecule has 2 heteroatoms. The maximum atomic E-state index is 2.56. The van der Waals surface area contributed by atoms with Gasteiger partial charge in [-0.3, -0.25) is 0 Å². The molecule has 18 aromatic carbocycles. The van der Waals surface area contributed by atoms with Gasteiger partial charge in [-0.25, -0.2) is 0 Å². The van der Waals surface area contributed by atoms with E-state index in [2.05, 4.69) is 429 Å². The van der Waals surface area contributed by atoms with Crippen molar-refractivity contribution >= 4 is 71.2 Å². The van der Waals surface area contributed by atoms with E-state index in [9.17, 15) is 0 Å². The number of nitrogens with zero attached hydrogens (tertiary/aromatic N) is 2. The van der Waals surface area contributed by atoms with E-state index in [1.807, 2.05) is 0 Å². The molecule has 1 heterocycles. The smallest absolute Gasteiger partial charge is 0.0547 e. The van der Waals surface area contributed by atoms with E-state index in [0.717, 1.165) is 39.3 Å². The Morgan fingerprint density at radius 3 is 0.862 bits per heavy atom. The summed E-state index contributed by atoms with van der Waals surface area (Å²) >= 11 is 0. The Morgan fingerprint density at radius 1 is 0.181 bits per heavy atom. The maximum Gasteiger partial charge on any atom is 0.0547 e. The monoisotopic (exact) mass is 1480 g/mol. The normalized spacial score (nSPS) is 14.5. The van der Waals surface area contributed by atoms with E-state index in [0.29, 0.717) is 0 Å². The van der Waals surface area contributed by atoms with Crippen molar-refractivity contribution in [1.29, 1.82) is 0 Å². The Balaban J connectivity index is 0.666. The summed E-state index contributed by atoms with van der Waals surface area (Å²) in [6, 6.07) is 139. The molecule has 19 aromatic rings. The van der Waals surface area contributed by atoms with Crippen LogP contribution in [0.15, 0.2) is 364 Å². The lowest BCUT2D eigenvalue weighted by molar-refractivity contribution is 0.659. The molecule has 0 aliphatic heterocycles. The molecule has 0 unspecified atom stereocenters. The third kappa shape index (κ3) is 10.0. The lowest BCUT2D eigenvalue weighted by Gasteiger charge is -2.29. The highest BCUT2D eigenvalue weighted by Gasteiger charge is 2.41. The Morgan fingerprint density at radius 2 is 0.466 bits per heavy atom. The average Bonchev–Trinajstić information content (AvgIpc) is 1.30. The number of benzene rings is 18. The van der Waals surface area contributed by atoms with Crippen molar-refractivity contribution in [3.63, 3.8) is 0 Å². The highest BCUT2D eigenvalue weighted by molar-refractivity contribution is 6.24. The van der Waals surface area contributed by atoms with Crippen LogP contribution in [0.3, 0.4) is 0 Å². The van der Waals surface area contributed by atoms with Crippen molar-refractivity contribution in [2.24, 2.45) is 0 Å². The fraction of sp³-hybridized carbons (Fsp3) is 0.105. The Bertz CT molecular complexity index is 7080. The third-order valence-electron chi connectivity index (χ3n) is 27.4. The molecular weight excluding hydrogens is 1400 g/mol. The largest absolute Gasteiger partial charge is 0.310 e. The molecule has 4 aliphatic carbocycles. The molecule has 0 N–H and O–H groups in total. The van der Waals surface area contributed by atoms with Crippen LogP contribution in [0.4, 0.5) is 17.1 Å². The van der Waals surface area contributed by atoms with Gasteiger partial charge in [-0.15, -0.1) is 0 Å². The first-order valence-corrected chi connectivity index (χ1v) is 41.2. The molecule has 0 bridgehead atoms. The first-order chi connectivity index (χ1) is 56.5. The molecule has 0 fully saturated rings. The Kier molecular flexibility index (Phi) is 14.6. The number of anilines is 3. The van der Waals surface area contributed by atoms with Crippen LogP contribution in [-0.2, 0) is 21.7 Å². The van der Waals surface area contributed by atoms with Gasteiger partial charge in [0.1, 0.15) is 0 Å². The second-order valence-electron chi connectivity index (χ2n) is 35.1. The summed E-state index contributed by atoms with van der Waals surface area (Å²) in [5.41, 5.74) is 42.3. The molecule has 0 amide bonds. The summed E-state index contributed by atoms with van der Waals surface area (Å²) in [4.78, 5) is 2.56. The summed E-state index contributed by atoms with van der Waals surface area (Å²) in [5, 5.41) is 9.56. The summed E-state index contributed by atoms with van der Waals surface area (Å²) in [6.07, 6.45) is 0. The molecule has 0 spiro atoms. The minimum atomic E-state index is -0.258. The number of aromatic nitrogens is 1. The first-order valence-electron chi connectivity index (χ1n) is 41.2. The van der Waals surface area contributed by atoms with Crippen molar-refractivity contribution in [2.75, 3.05) is 4.90 Å². The molecule has 0 saturated heterocycles. The molecule has 1 aromatic heterocycles. The van der Waals surface area contributed by atoms with E-state index in [1.54, 1.807) is 0 Å². The van der Waals surface area contributed by atoms with Crippen LogP contribution < -0.4 is 4.90 Å². The molecule has 4 aliphatic rings. The Hall–Kier alpha value is -13.7. The van der Waals surface area contributed by atoms with Gasteiger partial charge in [-0.2, -0.15) is 0 Å². The van der Waals surface area contributed by atoms with Gasteiger partial charge in [0, 0.05) is 54.6 Å². The molecule has 23 rings (SSSR count). The van der Waals surface area contributed by atoms with E-state index in [-0.39, 0.29) is 21.7 Å². The van der Waals surface area contributed by atoms with Crippen molar-refractivity contribution in [3.8, 4) is 117 Å². The predicted molar refractivity (Wildman–Crippen MR) is 491 cm³/mol. The minimum absolute atomic E-state index is 0.0788. The Labute approximate surface area is 678 Å². The lowest BCUT2D eigenvalue weighted by Crippen LogP contribution is -2.15. The highest BCUT2D eigenvalue weighted by atomic mass is 15.1. The summed E-state index contributed by atoms with van der Waals surface area (Å²) in [7, 11) is 0. The lowest BCUT2D eigenvalue weighted by atomic mass is 9.80. The van der Waals surface area contributed by atoms with Crippen LogP contribution in [-0.4, -0.2) is 4.57 Å². The SMILES string of the molecule is CC1(C)c2ccccc2-c2ccc(-c3ccc4c(c3)C(C)(C)c3cc(-c5cccc(N(c6cccc(-c7ccc8c(c7)C(C)(C)c7cc(-c9ccc%10c(c9)C(C)(C)c9ccccc9-%10)ccc7-8)c6)c6cc7c8ccccc8c(-n8c9ccc(-c%10ccccc%10)cc9c9cc(-c%10ccccc%10)ccc98)cc7c7ccccc67)c5)ccc3-4)cc21. The van der Waals surface area contributed by atoms with E-state index >= 15 is 0 Å². The maximum absolute atomic E-state index is 2.56. The molecule has 0 radical (unpaired) electrons. The van der Waals surface area contributed by atoms with Crippen LogP contribution in [0.5, 0.6) is 0 Å². The quantitative estimate of drug-likeness (QED) is 0.124. The summed E-state index contributed by atoms with van der Waals surface area (Å²) < 4.78 is 2.54. The number of hydrogen-bond donors (Lipinski definition) is 0. The number of fused-ring (bicyclic) bond motifs is 20. The van der Waals surface area contributed by atoms with Crippen molar-refractivity contribution in [1.82, 2.24) is 4.57 Å². The van der Waals surface area contributed by atoms with Crippen molar-refractivity contribution < 1.29 is 0 Å². The molecule has 2 nitrogen and oxygen atoms in total. The van der Waals surface area contributed by atoms with Gasteiger partial charge in [0.25, 0.3) is 0 Å². The van der Waals surface area contributed by atoms with Crippen LogP contribution in [0.2, 0.25) is 0 Å². The third-order valence-corrected chi connectivity index (χ3v) is 27.4. The van der Waals surface area contributed by atoms with Gasteiger partial charge in [0.2, 0.25) is 0 Å². The van der Waals surface area contributed by atoms with E-state index < -0.39 is 0 Å². The second kappa shape index (κ2) is 24.9. The zero-order valence-electron chi connectivity index (χ0n) is 66.5. The topological polar surface area (TPSA) is 8.17 Å². The molecular formula is C114H84N2. The van der Waals surface area contributed by atoms with Crippen molar-refractivity contribution in [3.05, 3.63) is 408 Å². The van der Waals surface area contributed by atoms with Gasteiger partial charge < -0.3 is 9.47 Å². The molecule has 116 heavy (non-hydrogen) atoms. The highest BCUT2D eigenvalue weighted by Crippen LogP contribution is 2.57. The van der Waals surface area contributed by atoms with Crippen LogP contribution >= 0.6 is 0 Å². The first kappa shape index (κ1) is 68.0. The molecule has 0 atom stereocenters. The zero-order chi connectivity index (χ0) is 77.8. The van der Waals surface area contributed by atoms with Gasteiger partial charge in [0.05, 0.1) is 22.4 Å². The van der Waals surface area contributed by atoms with Gasteiger partial charge in [-0.1, -0.05) is 322 Å².